The molecule has 15 heavy (non-hydrogen) atoms. The SMILES string of the molecule is O=C1NC(C2CCOCC2)CN1CCS. The predicted molar refractivity (Wildman–Crippen MR) is 61.3 cm³/mol. The molecule has 0 aromatic carbocycles. The van der Waals surface area contributed by atoms with Crippen LogP contribution in [-0.4, -0.2) is 49.0 Å². The van der Waals surface area contributed by atoms with Crippen molar-refractivity contribution < 1.29 is 9.53 Å². The summed E-state index contributed by atoms with van der Waals surface area (Å²) in [6.45, 7) is 3.26. The summed E-state index contributed by atoms with van der Waals surface area (Å²) in [6, 6.07) is 0.391. The Bertz CT molecular complexity index is 231. The van der Waals surface area contributed by atoms with Crippen LogP contribution in [0.5, 0.6) is 0 Å². The van der Waals surface area contributed by atoms with E-state index in [1.807, 2.05) is 4.90 Å². The molecule has 2 heterocycles. The van der Waals surface area contributed by atoms with Crippen molar-refractivity contribution in [3.63, 3.8) is 0 Å². The van der Waals surface area contributed by atoms with Gasteiger partial charge in [-0.25, -0.2) is 4.79 Å². The number of carbonyl (C=O) groups is 1. The molecule has 5 heteroatoms. The summed E-state index contributed by atoms with van der Waals surface area (Å²) in [4.78, 5) is 13.4. The van der Waals surface area contributed by atoms with Crippen LogP contribution in [0.3, 0.4) is 0 Å². The van der Waals surface area contributed by atoms with Gasteiger partial charge in [0.25, 0.3) is 0 Å². The molecule has 2 aliphatic rings. The summed E-state index contributed by atoms with van der Waals surface area (Å²) in [5.41, 5.74) is 0. The molecule has 2 saturated heterocycles. The smallest absolute Gasteiger partial charge is 0.317 e. The third-order valence-electron chi connectivity index (χ3n) is 3.22. The van der Waals surface area contributed by atoms with E-state index < -0.39 is 0 Å². The lowest BCUT2D eigenvalue weighted by molar-refractivity contribution is 0.0567. The van der Waals surface area contributed by atoms with Crippen LogP contribution in [0.25, 0.3) is 0 Å². The van der Waals surface area contributed by atoms with Crippen LogP contribution < -0.4 is 5.32 Å². The van der Waals surface area contributed by atoms with Gasteiger partial charge in [-0.2, -0.15) is 12.6 Å². The fourth-order valence-corrected chi connectivity index (χ4v) is 2.56. The lowest BCUT2D eigenvalue weighted by Gasteiger charge is -2.26. The predicted octanol–water partition coefficient (Wildman–Crippen LogP) is 0.737. The minimum absolute atomic E-state index is 0.0699. The molecule has 0 bridgehead atoms. The highest BCUT2D eigenvalue weighted by Crippen LogP contribution is 2.22. The number of thiol groups is 1. The number of hydrogen-bond donors (Lipinski definition) is 2. The molecule has 1 N–H and O–H groups in total. The zero-order valence-corrected chi connectivity index (χ0v) is 9.71. The van der Waals surface area contributed by atoms with E-state index in [4.69, 9.17) is 4.74 Å². The van der Waals surface area contributed by atoms with Crippen molar-refractivity contribution in [2.45, 2.75) is 18.9 Å². The van der Waals surface area contributed by atoms with Crippen molar-refractivity contribution in [1.29, 1.82) is 0 Å². The van der Waals surface area contributed by atoms with Gasteiger partial charge in [0.15, 0.2) is 0 Å². The fourth-order valence-electron chi connectivity index (χ4n) is 2.31. The summed E-state index contributed by atoms with van der Waals surface area (Å²) >= 11 is 4.15. The molecular weight excluding hydrogens is 212 g/mol. The van der Waals surface area contributed by atoms with Crippen LogP contribution in [-0.2, 0) is 4.74 Å². The van der Waals surface area contributed by atoms with Crippen molar-refractivity contribution in [2.75, 3.05) is 32.1 Å². The Morgan fingerprint density at radius 3 is 2.87 bits per heavy atom. The third-order valence-corrected chi connectivity index (χ3v) is 3.42. The first kappa shape index (κ1) is 11.1. The zero-order chi connectivity index (χ0) is 10.7. The van der Waals surface area contributed by atoms with E-state index in [1.54, 1.807) is 0 Å². The molecule has 0 radical (unpaired) electrons. The number of carbonyl (C=O) groups excluding carboxylic acids is 1. The van der Waals surface area contributed by atoms with Gasteiger partial charge in [0.05, 0.1) is 6.04 Å². The lowest BCUT2D eigenvalue weighted by atomic mass is 9.92. The van der Waals surface area contributed by atoms with Gasteiger partial charge >= 0.3 is 6.03 Å². The Hall–Kier alpha value is -0.420. The highest BCUT2D eigenvalue weighted by Gasteiger charge is 2.34. The maximum absolute atomic E-state index is 11.6. The maximum Gasteiger partial charge on any atom is 0.317 e. The minimum Gasteiger partial charge on any atom is -0.381 e. The van der Waals surface area contributed by atoms with Gasteiger partial charge in [-0.3, -0.25) is 0 Å². The molecule has 2 amide bonds. The van der Waals surface area contributed by atoms with Crippen LogP contribution in [0, 0.1) is 5.92 Å². The summed E-state index contributed by atoms with van der Waals surface area (Å²) in [5, 5.41) is 3.06. The van der Waals surface area contributed by atoms with Crippen molar-refractivity contribution in [2.24, 2.45) is 5.92 Å². The monoisotopic (exact) mass is 230 g/mol. The molecule has 4 nitrogen and oxygen atoms in total. The van der Waals surface area contributed by atoms with Gasteiger partial charge in [0.2, 0.25) is 0 Å². The summed E-state index contributed by atoms with van der Waals surface area (Å²) in [7, 11) is 0. The van der Waals surface area contributed by atoms with E-state index >= 15 is 0 Å². The molecule has 0 spiro atoms. The van der Waals surface area contributed by atoms with Crippen LogP contribution in [0.1, 0.15) is 12.8 Å². The average Bonchev–Trinajstić information content (AvgIpc) is 2.63. The molecule has 86 valence electrons. The van der Waals surface area contributed by atoms with Crippen LogP contribution in [0.15, 0.2) is 0 Å². The highest BCUT2D eigenvalue weighted by molar-refractivity contribution is 7.80. The Balaban J connectivity index is 1.87. The van der Waals surface area contributed by atoms with Gasteiger partial charge in [-0.05, 0) is 18.8 Å². The molecule has 0 aromatic heterocycles. The van der Waals surface area contributed by atoms with E-state index in [1.165, 1.54) is 0 Å². The molecule has 0 aliphatic carbocycles. The van der Waals surface area contributed by atoms with E-state index in [0.717, 1.165) is 44.9 Å². The summed E-state index contributed by atoms with van der Waals surface area (Å²) in [5.74, 6) is 1.32. The van der Waals surface area contributed by atoms with Gasteiger partial charge in [0.1, 0.15) is 0 Å². The van der Waals surface area contributed by atoms with Gasteiger partial charge in [-0.1, -0.05) is 0 Å². The highest BCUT2D eigenvalue weighted by atomic mass is 32.1. The van der Waals surface area contributed by atoms with Gasteiger partial charge in [-0.15, -0.1) is 0 Å². The van der Waals surface area contributed by atoms with Crippen molar-refractivity contribution in [3.05, 3.63) is 0 Å². The number of hydrogen-bond acceptors (Lipinski definition) is 3. The topological polar surface area (TPSA) is 41.6 Å². The molecule has 2 fully saturated rings. The average molecular weight is 230 g/mol. The molecule has 0 saturated carbocycles. The van der Waals surface area contributed by atoms with Crippen LogP contribution in [0.4, 0.5) is 4.79 Å². The standard InChI is InChI=1S/C10H18N2O2S/c13-10-11-9(7-12(10)3-6-15)8-1-4-14-5-2-8/h8-9,15H,1-7H2,(H,11,13). The zero-order valence-electron chi connectivity index (χ0n) is 8.82. The molecule has 2 aliphatic heterocycles. The minimum atomic E-state index is 0.0699. The first-order valence-electron chi connectivity index (χ1n) is 5.55. The maximum atomic E-state index is 11.6. The quantitative estimate of drug-likeness (QED) is 0.702. The Morgan fingerprint density at radius 1 is 1.47 bits per heavy atom. The van der Waals surface area contributed by atoms with Crippen molar-refractivity contribution in [1.82, 2.24) is 10.2 Å². The van der Waals surface area contributed by atoms with Crippen LogP contribution >= 0.6 is 12.6 Å². The van der Waals surface area contributed by atoms with Crippen LogP contribution in [0.2, 0.25) is 0 Å². The van der Waals surface area contributed by atoms with Gasteiger partial charge in [0, 0.05) is 32.1 Å². The Kier molecular flexibility index (Phi) is 3.75. The van der Waals surface area contributed by atoms with E-state index in [0.29, 0.717) is 12.0 Å². The number of urea groups is 1. The normalized spacial score (nSPS) is 28.2. The second-order valence-corrected chi connectivity index (χ2v) is 4.62. The molecule has 1 atom stereocenters. The molecule has 1 unspecified atom stereocenters. The number of nitrogens with one attached hydrogen (secondary N) is 1. The van der Waals surface area contributed by atoms with Crippen molar-refractivity contribution in [3.8, 4) is 0 Å². The second kappa shape index (κ2) is 5.07. The molecular formula is C10H18N2O2S. The Labute approximate surface area is 95.8 Å². The van der Waals surface area contributed by atoms with E-state index in [9.17, 15) is 4.79 Å². The number of rotatable bonds is 3. The molecule has 0 aromatic rings. The fraction of sp³-hybridized carbons (Fsp3) is 0.900. The second-order valence-electron chi connectivity index (χ2n) is 4.18. The van der Waals surface area contributed by atoms with Crippen molar-refractivity contribution >= 4 is 18.7 Å². The molecule has 2 rings (SSSR count). The first-order valence-corrected chi connectivity index (χ1v) is 6.18. The summed E-state index contributed by atoms with van der Waals surface area (Å²) in [6.07, 6.45) is 2.14. The first-order chi connectivity index (χ1) is 7.31. The number of ether oxygens (including phenoxy) is 1. The largest absolute Gasteiger partial charge is 0.381 e. The van der Waals surface area contributed by atoms with E-state index in [-0.39, 0.29) is 6.03 Å². The number of amides is 2. The Morgan fingerprint density at radius 2 is 2.20 bits per heavy atom. The van der Waals surface area contributed by atoms with E-state index in [2.05, 4.69) is 17.9 Å². The lowest BCUT2D eigenvalue weighted by Crippen LogP contribution is -2.37. The third kappa shape index (κ3) is 2.58. The number of nitrogens with zero attached hydrogens (tertiary/aromatic N) is 1. The van der Waals surface area contributed by atoms with Gasteiger partial charge < -0.3 is 15.0 Å². The summed E-state index contributed by atoms with van der Waals surface area (Å²) < 4.78 is 5.32.